The van der Waals surface area contributed by atoms with Crippen molar-refractivity contribution in [1.82, 2.24) is 0 Å². The largest absolute Gasteiger partial charge is 0.273 e. The van der Waals surface area contributed by atoms with Crippen molar-refractivity contribution in [3.05, 3.63) is 149 Å². The zero-order valence-corrected chi connectivity index (χ0v) is 29.8. The summed E-state index contributed by atoms with van der Waals surface area (Å²) in [6.07, 6.45) is 13.7. The molecule has 0 saturated carbocycles. The molecule has 0 saturated heterocycles. The summed E-state index contributed by atoms with van der Waals surface area (Å²) >= 11 is 1.07. The van der Waals surface area contributed by atoms with Gasteiger partial charge in [0.05, 0.1) is 0 Å². The van der Waals surface area contributed by atoms with Crippen LogP contribution in [0.2, 0.25) is 0 Å². The van der Waals surface area contributed by atoms with Crippen LogP contribution in [0, 0.1) is 19.9 Å². The molecule has 0 bridgehead atoms. The quantitative estimate of drug-likeness (QED) is 0.126. The summed E-state index contributed by atoms with van der Waals surface area (Å²) in [6, 6.07) is 33.9. The van der Waals surface area contributed by atoms with Crippen molar-refractivity contribution in [3.63, 3.8) is 0 Å². The molecule has 0 aromatic heterocycles. The molecule has 0 N–H and O–H groups in total. The van der Waals surface area contributed by atoms with Crippen LogP contribution in [0.4, 0.5) is 0 Å². The van der Waals surface area contributed by atoms with Crippen LogP contribution >= 0.6 is 0 Å². The number of fused-ring (bicyclic) bond motifs is 3. The Labute approximate surface area is 268 Å². The van der Waals surface area contributed by atoms with E-state index in [0.717, 1.165) is 30.3 Å². The van der Waals surface area contributed by atoms with E-state index in [9.17, 15) is 0 Å². The normalized spacial score (nSPS) is 12.2. The van der Waals surface area contributed by atoms with Crippen LogP contribution in [0.5, 0.6) is 0 Å². The van der Waals surface area contributed by atoms with Gasteiger partial charge in [-0.25, -0.2) is 12.2 Å². The monoisotopic (exact) mass is 716 g/mol. The molecule has 0 nitrogen and oxygen atoms in total. The second-order valence-corrected chi connectivity index (χ2v) is 14.1. The summed E-state index contributed by atoms with van der Waals surface area (Å²) in [5.41, 5.74) is 8.51. The number of benzene rings is 4. The molecule has 6 rings (SSSR count). The predicted octanol–water partition coefficient (Wildman–Crippen LogP) is 11.1. The number of aryl methyl sites for hydroxylation is 3. The maximum Gasteiger partial charge on any atom is -0.0469 e. The number of hydrogen-bond acceptors (Lipinski definition) is 0. The Bertz CT molecular complexity index is 1600. The van der Waals surface area contributed by atoms with Crippen LogP contribution in [0.25, 0.3) is 21.5 Å². The first kappa shape index (κ1) is 31.9. The first-order chi connectivity index (χ1) is 20.2. The predicted molar refractivity (Wildman–Crippen MR) is 181 cm³/mol. The van der Waals surface area contributed by atoms with Crippen LogP contribution < -0.4 is 0 Å². The van der Waals surface area contributed by atoms with Gasteiger partial charge in [0.2, 0.25) is 0 Å². The first-order valence-electron chi connectivity index (χ1n) is 15.2. The molecule has 5 aromatic rings. The van der Waals surface area contributed by atoms with Gasteiger partial charge in [-0.2, -0.15) is 6.08 Å². The van der Waals surface area contributed by atoms with E-state index < -0.39 is 0 Å². The summed E-state index contributed by atoms with van der Waals surface area (Å²) in [7, 11) is 0. The molecule has 0 heterocycles. The van der Waals surface area contributed by atoms with Gasteiger partial charge in [0.25, 0.3) is 0 Å². The smallest absolute Gasteiger partial charge is 0.0469 e. The fourth-order valence-corrected chi connectivity index (χ4v) is 6.32. The van der Waals surface area contributed by atoms with E-state index in [1.807, 2.05) is 12.2 Å². The molecule has 0 spiro atoms. The average molecular weight is 715 g/mol. The van der Waals surface area contributed by atoms with Crippen LogP contribution in [-0.4, -0.2) is 3.26 Å². The number of hydrogen-bond donors (Lipinski definition) is 0. The molecular formula is C41H44Hf. The van der Waals surface area contributed by atoms with E-state index in [-0.39, 0.29) is 5.41 Å². The molecule has 1 heteroatoms. The summed E-state index contributed by atoms with van der Waals surface area (Å²) < 4.78 is 1.49. The molecule has 0 radical (unpaired) electrons. The van der Waals surface area contributed by atoms with Gasteiger partial charge in [0.15, 0.2) is 0 Å². The Hall–Kier alpha value is -3.03. The van der Waals surface area contributed by atoms with Crippen molar-refractivity contribution in [2.24, 2.45) is 0 Å². The Balaban J connectivity index is 0.000000172. The maximum atomic E-state index is 2.99. The van der Waals surface area contributed by atoms with Crippen molar-refractivity contribution in [2.75, 3.05) is 0 Å². The minimum Gasteiger partial charge on any atom is -0.273 e. The second kappa shape index (κ2) is 14.9. The average Bonchev–Trinajstić information content (AvgIpc) is 3.67. The third kappa shape index (κ3) is 8.74. The SMILES string of the molecule is CCCCc1ccc([C](=[Hf+2])c2ccc(C(C)(C)C)cc2)cc1.Cc1ccc2c(c1)[cH-]c1cc(C)ccc12.[C-]1=CC=CC1. The van der Waals surface area contributed by atoms with Gasteiger partial charge in [-0.3, -0.25) is 6.08 Å². The molecular weight excluding hydrogens is 671 g/mol. The molecule has 1 aliphatic carbocycles. The third-order valence-corrected chi connectivity index (χ3v) is 9.78. The number of allylic oxidation sites excluding steroid dienone is 4. The van der Waals surface area contributed by atoms with Gasteiger partial charge in [0, 0.05) is 0 Å². The van der Waals surface area contributed by atoms with E-state index in [1.54, 1.807) is 0 Å². The van der Waals surface area contributed by atoms with E-state index in [0.29, 0.717) is 0 Å². The van der Waals surface area contributed by atoms with Crippen molar-refractivity contribution >= 4 is 24.8 Å². The minimum absolute atomic E-state index is 0.227. The van der Waals surface area contributed by atoms with Gasteiger partial charge in [-0.15, -0.1) is 46.2 Å². The molecule has 0 fully saturated rings. The summed E-state index contributed by atoms with van der Waals surface area (Å²) in [5, 5.41) is 5.46. The van der Waals surface area contributed by atoms with E-state index in [1.165, 1.54) is 77.4 Å². The molecule has 212 valence electrons. The summed E-state index contributed by atoms with van der Waals surface area (Å²) in [6.45, 7) is 13.3. The zero-order chi connectivity index (χ0) is 30.1. The van der Waals surface area contributed by atoms with Gasteiger partial charge < -0.3 is 0 Å². The van der Waals surface area contributed by atoms with Crippen molar-refractivity contribution in [2.45, 2.75) is 72.6 Å². The zero-order valence-electron chi connectivity index (χ0n) is 26.2. The van der Waals surface area contributed by atoms with Crippen molar-refractivity contribution in [3.8, 4) is 0 Å². The van der Waals surface area contributed by atoms with E-state index >= 15 is 0 Å². The van der Waals surface area contributed by atoms with Crippen LogP contribution in [0.1, 0.15) is 80.3 Å². The van der Waals surface area contributed by atoms with Crippen molar-refractivity contribution in [1.29, 1.82) is 0 Å². The van der Waals surface area contributed by atoms with Gasteiger partial charge in [-0.05, 0) is 13.8 Å². The molecule has 1 aliphatic rings. The van der Waals surface area contributed by atoms with Gasteiger partial charge >= 0.3 is 150 Å². The molecule has 0 unspecified atom stereocenters. The number of rotatable bonds is 5. The molecule has 0 amide bonds. The minimum atomic E-state index is 0.227. The van der Waals surface area contributed by atoms with E-state index in [2.05, 4.69) is 145 Å². The molecule has 0 atom stereocenters. The van der Waals surface area contributed by atoms with Crippen LogP contribution in [-0.2, 0) is 35.7 Å². The summed E-state index contributed by atoms with van der Waals surface area (Å²) in [4.78, 5) is 0. The molecule has 5 aromatic carbocycles. The van der Waals surface area contributed by atoms with E-state index in [4.69, 9.17) is 0 Å². The van der Waals surface area contributed by atoms with Gasteiger partial charge in [-0.1, -0.05) is 35.4 Å². The number of unbranched alkanes of at least 4 members (excludes halogenated alkanes) is 1. The van der Waals surface area contributed by atoms with Crippen LogP contribution in [0.15, 0.2) is 109 Å². The topological polar surface area (TPSA) is 0 Å². The Morgan fingerprint density at radius 3 is 1.76 bits per heavy atom. The Morgan fingerprint density at radius 2 is 1.33 bits per heavy atom. The molecule has 0 aliphatic heterocycles. The first-order valence-corrected chi connectivity index (χ1v) is 17.0. The Kier molecular flexibility index (Phi) is 11.3. The Morgan fingerprint density at radius 1 is 0.786 bits per heavy atom. The fourth-order valence-electron chi connectivity index (χ4n) is 5.12. The standard InChI is InChI=1S/C21H26.C15H13.C5H5.Hf/c1-5-6-7-17-8-10-18(11-9-17)16-19-12-14-20(15-13-19)21(2,3)4;1-10-3-5-14-12(7-10)9-13-8-11(2)4-6-15(13)14;1-2-4-5-3-1;/h8-15H,5-7H2,1-4H3;3-9H,1-2H3;1-3H,4H2;/q;2*-1;+2. The van der Waals surface area contributed by atoms with Gasteiger partial charge in [0.1, 0.15) is 0 Å². The second-order valence-electron chi connectivity index (χ2n) is 12.3. The van der Waals surface area contributed by atoms with Crippen molar-refractivity contribution < 1.29 is 23.9 Å². The van der Waals surface area contributed by atoms with Crippen LogP contribution in [0.3, 0.4) is 0 Å². The molecule has 42 heavy (non-hydrogen) atoms. The summed E-state index contributed by atoms with van der Waals surface area (Å²) in [5.74, 6) is 0. The third-order valence-electron chi connectivity index (χ3n) is 7.70. The maximum absolute atomic E-state index is 2.99. The fraction of sp³-hybridized carbons (Fsp3) is 0.268.